The lowest BCUT2D eigenvalue weighted by Gasteiger charge is -2.28. The number of thiazole rings is 1. The van der Waals surface area contributed by atoms with Gasteiger partial charge in [-0.25, -0.2) is 4.98 Å². The molecule has 2 amide bonds. The monoisotopic (exact) mass is 347 g/mol. The van der Waals surface area contributed by atoms with Gasteiger partial charge in [0.05, 0.1) is 10.2 Å². The van der Waals surface area contributed by atoms with Crippen LogP contribution in [-0.2, 0) is 16.0 Å². The van der Waals surface area contributed by atoms with Crippen LogP contribution in [-0.4, -0.2) is 38.9 Å². The number of aryl methyl sites for hydroxylation is 1. The molecule has 120 valence electrons. The smallest absolute Gasteiger partial charge is 0.262 e. The van der Waals surface area contributed by atoms with Crippen molar-refractivity contribution in [3.8, 4) is 0 Å². The summed E-state index contributed by atoms with van der Waals surface area (Å²) >= 11 is 3.06. The SMILES string of the molecule is CCc1ccc2nc(NC(=O)C34CCC(=O)N3CCS4)sc2c1. The van der Waals surface area contributed by atoms with E-state index in [4.69, 9.17) is 0 Å². The Morgan fingerprint density at radius 3 is 3.17 bits per heavy atom. The molecule has 1 unspecified atom stereocenters. The number of aromatic nitrogens is 1. The molecule has 23 heavy (non-hydrogen) atoms. The van der Waals surface area contributed by atoms with Crippen molar-refractivity contribution >= 4 is 50.3 Å². The minimum Gasteiger partial charge on any atom is -0.319 e. The lowest BCUT2D eigenvalue weighted by molar-refractivity contribution is -0.133. The summed E-state index contributed by atoms with van der Waals surface area (Å²) in [4.78, 5) is 30.3. The standard InChI is InChI=1S/C16H17N3O2S2/c1-2-10-3-4-11-12(9-10)23-15(17-11)18-14(21)16-6-5-13(20)19(16)7-8-22-16/h3-4,9H,2,5-8H2,1H3,(H,17,18,21). The fraction of sp³-hybridized carbons (Fsp3) is 0.438. The molecule has 1 N–H and O–H groups in total. The normalized spacial score (nSPS) is 23.5. The van der Waals surface area contributed by atoms with E-state index >= 15 is 0 Å². The summed E-state index contributed by atoms with van der Waals surface area (Å²) in [6.45, 7) is 2.78. The van der Waals surface area contributed by atoms with E-state index in [1.807, 2.05) is 6.07 Å². The minimum atomic E-state index is -0.719. The maximum atomic E-state index is 12.8. The molecule has 5 nitrogen and oxygen atoms in total. The van der Waals surface area contributed by atoms with E-state index < -0.39 is 4.87 Å². The molecular weight excluding hydrogens is 330 g/mol. The second kappa shape index (κ2) is 5.49. The molecule has 2 aliphatic rings. The maximum absolute atomic E-state index is 12.8. The first kappa shape index (κ1) is 15.0. The Morgan fingerprint density at radius 1 is 1.48 bits per heavy atom. The third kappa shape index (κ3) is 2.33. The third-order valence-electron chi connectivity index (χ3n) is 4.51. The Kier molecular flexibility index (Phi) is 3.57. The van der Waals surface area contributed by atoms with Gasteiger partial charge in [-0.1, -0.05) is 24.3 Å². The molecule has 0 radical (unpaired) electrons. The van der Waals surface area contributed by atoms with Gasteiger partial charge in [0.25, 0.3) is 5.91 Å². The third-order valence-corrected chi connectivity index (χ3v) is 6.91. The number of nitrogens with one attached hydrogen (secondary N) is 1. The van der Waals surface area contributed by atoms with Crippen LogP contribution in [0.1, 0.15) is 25.3 Å². The summed E-state index contributed by atoms with van der Waals surface area (Å²) in [7, 11) is 0. The van der Waals surface area contributed by atoms with Gasteiger partial charge < -0.3 is 4.90 Å². The summed E-state index contributed by atoms with van der Waals surface area (Å²) in [5.74, 6) is 0.793. The first-order chi connectivity index (χ1) is 11.1. The zero-order chi connectivity index (χ0) is 16.0. The molecule has 3 heterocycles. The first-order valence-corrected chi connectivity index (χ1v) is 9.58. The number of nitrogens with zero attached hydrogens (tertiary/aromatic N) is 2. The number of rotatable bonds is 3. The number of anilines is 1. The van der Waals surface area contributed by atoms with E-state index in [9.17, 15) is 9.59 Å². The van der Waals surface area contributed by atoms with Crippen molar-refractivity contribution in [2.45, 2.75) is 31.1 Å². The quantitative estimate of drug-likeness (QED) is 0.927. The molecule has 0 aliphatic carbocycles. The number of carbonyl (C=O) groups excluding carboxylic acids is 2. The number of hydrogen-bond donors (Lipinski definition) is 1. The summed E-state index contributed by atoms with van der Waals surface area (Å²) in [5, 5.41) is 3.56. The van der Waals surface area contributed by atoms with E-state index in [1.54, 1.807) is 16.7 Å². The van der Waals surface area contributed by atoms with E-state index in [2.05, 4.69) is 29.4 Å². The zero-order valence-corrected chi connectivity index (χ0v) is 14.4. The Hall–Kier alpha value is -1.60. The second-order valence-electron chi connectivity index (χ2n) is 5.81. The van der Waals surface area contributed by atoms with Crippen LogP contribution in [0.15, 0.2) is 18.2 Å². The maximum Gasteiger partial charge on any atom is 0.262 e. The van der Waals surface area contributed by atoms with Crippen molar-refractivity contribution in [1.29, 1.82) is 0 Å². The number of fused-ring (bicyclic) bond motifs is 2. The molecule has 2 aliphatic heterocycles. The van der Waals surface area contributed by atoms with Crippen LogP contribution in [0, 0.1) is 0 Å². The average molecular weight is 347 g/mol. The summed E-state index contributed by atoms with van der Waals surface area (Å²) in [6.07, 6.45) is 2.03. The largest absolute Gasteiger partial charge is 0.319 e. The van der Waals surface area contributed by atoms with Crippen molar-refractivity contribution in [2.24, 2.45) is 0 Å². The fourth-order valence-corrected chi connectivity index (χ4v) is 5.56. The van der Waals surface area contributed by atoms with Gasteiger partial charge in [0.2, 0.25) is 5.91 Å². The molecule has 0 spiro atoms. The number of benzene rings is 1. The predicted octanol–water partition coefficient (Wildman–Crippen LogP) is 2.86. The van der Waals surface area contributed by atoms with Crippen molar-refractivity contribution in [3.05, 3.63) is 23.8 Å². The van der Waals surface area contributed by atoms with Crippen LogP contribution in [0.3, 0.4) is 0 Å². The lowest BCUT2D eigenvalue weighted by Crippen LogP contribution is -2.48. The van der Waals surface area contributed by atoms with Crippen LogP contribution in [0.25, 0.3) is 10.2 Å². The number of thioether (sulfide) groups is 1. The number of amides is 2. The van der Waals surface area contributed by atoms with E-state index in [0.717, 1.165) is 22.4 Å². The van der Waals surface area contributed by atoms with Gasteiger partial charge in [-0.05, 0) is 30.5 Å². The highest BCUT2D eigenvalue weighted by Crippen LogP contribution is 2.45. The molecule has 2 fully saturated rings. The van der Waals surface area contributed by atoms with Gasteiger partial charge in [-0.3, -0.25) is 14.9 Å². The van der Waals surface area contributed by atoms with Gasteiger partial charge >= 0.3 is 0 Å². The summed E-state index contributed by atoms with van der Waals surface area (Å²) in [5.41, 5.74) is 2.16. The zero-order valence-electron chi connectivity index (χ0n) is 12.8. The summed E-state index contributed by atoms with van der Waals surface area (Å²) < 4.78 is 1.08. The van der Waals surface area contributed by atoms with Crippen LogP contribution >= 0.6 is 23.1 Å². The molecule has 7 heteroatoms. The van der Waals surface area contributed by atoms with Crippen LogP contribution in [0.4, 0.5) is 5.13 Å². The average Bonchev–Trinajstić information content (AvgIpc) is 3.22. The Morgan fingerprint density at radius 2 is 2.35 bits per heavy atom. The molecule has 0 bridgehead atoms. The van der Waals surface area contributed by atoms with Crippen molar-refractivity contribution in [3.63, 3.8) is 0 Å². The number of hydrogen-bond acceptors (Lipinski definition) is 5. The molecule has 4 rings (SSSR count). The fourth-order valence-electron chi connectivity index (χ4n) is 3.25. The lowest BCUT2D eigenvalue weighted by atomic mass is 10.2. The highest BCUT2D eigenvalue weighted by Gasteiger charge is 2.54. The van der Waals surface area contributed by atoms with Gasteiger partial charge in [-0.15, -0.1) is 11.8 Å². The minimum absolute atomic E-state index is 0.0852. The molecule has 2 aromatic rings. The Balaban J connectivity index is 1.60. The topological polar surface area (TPSA) is 62.3 Å². The predicted molar refractivity (Wildman–Crippen MR) is 93.8 cm³/mol. The molecular formula is C16H17N3O2S2. The Labute approximate surface area is 142 Å². The molecule has 2 saturated heterocycles. The Bertz CT molecular complexity index is 804. The van der Waals surface area contributed by atoms with Gasteiger partial charge in [0.15, 0.2) is 10.0 Å². The van der Waals surface area contributed by atoms with Crippen LogP contribution in [0.5, 0.6) is 0 Å². The highest BCUT2D eigenvalue weighted by atomic mass is 32.2. The molecule has 1 aromatic carbocycles. The summed E-state index contributed by atoms with van der Waals surface area (Å²) in [6, 6.07) is 6.18. The van der Waals surface area contributed by atoms with E-state index in [1.165, 1.54) is 16.9 Å². The van der Waals surface area contributed by atoms with Gasteiger partial charge in [0, 0.05) is 18.7 Å². The van der Waals surface area contributed by atoms with Gasteiger partial charge in [0.1, 0.15) is 0 Å². The molecule has 0 saturated carbocycles. The highest BCUT2D eigenvalue weighted by molar-refractivity contribution is 8.01. The van der Waals surface area contributed by atoms with Crippen LogP contribution in [0.2, 0.25) is 0 Å². The number of carbonyl (C=O) groups is 2. The van der Waals surface area contributed by atoms with Crippen molar-refractivity contribution in [1.82, 2.24) is 9.88 Å². The van der Waals surface area contributed by atoms with Crippen molar-refractivity contribution in [2.75, 3.05) is 17.6 Å². The second-order valence-corrected chi connectivity index (χ2v) is 8.21. The molecule has 1 atom stereocenters. The van der Waals surface area contributed by atoms with E-state index in [0.29, 0.717) is 24.5 Å². The first-order valence-electron chi connectivity index (χ1n) is 7.78. The van der Waals surface area contributed by atoms with Crippen molar-refractivity contribution < 1.29 is 9.59 Å². The van der Waals surface area contributed by atoms with Gasteiger partial charge in [-0.2, -0.15) is 0 Å². The van der Waals surface area contributed by atoms with E-state index in [-0.39, 0.29) is 11.8 Å². The molecule has 1 aromatic heterocycles. The van der Waals surface area contributed by atoms with Crippen LogP contribution < -0.4 is 5.32 Å².